The maximum atomic E-state index is 9.29. The largest absolute Gasteiger partial charge is 0.725 e. The second-order valence-electron chi connectivity index (χ2n) is 0.885. The van der Waals surface area contributed by atoms with Crippen molar-refractivity contribution < 1.29 is 41.0 Å². The number of hydrogen-bond donors (Lipinski definition) is 2. The molecule has 0 aliphatic heterocycles. The van der Waals surface area contributed by atoms with Crippen molar-refractivity contribution in [3.63, 3.8) is 0 Å². The minimum atomic E-state index is -5.43. The Labute approximate surface area is 76.6 Å². The Balaban J connectivity index is -0.000000218. The van der Waals surface area contributed by atoms with Gasteiger partial charge in [-0.25, -0.2) is 16.8 Å². The summed E-state index contributed by atoms with van der Waals surface area (Å²) in [7, 11) is -7.36. The van der Waals surface area contributed by atoms with Crippen LogP contribution in [0.4, 0.5) is 0 Å². The molecule has 0 heterocycles. The summed E-state index contributed by atoms with van der Waals surface area (Å²) in [5.41, 5.74) is 6.50. The molecule has 0 radical (unpaired) electrons. The standard InChI is InChI=1S/2CH5N.H2O7S2/c2*1-2;1-8(2,3)7-9(4,5)6/h2*2H2,1H3;(H,1,2,3)(H,4,5,6). The van der Waals surface area contributed by atoms with Crippen LogP contribution in [0.2, 0.25) is 0 Å². The van der Waals surface area contributed by atoms with Crippen LogP contribution in [0.1, 0.15) is 0 Å². The van der Waals surface area contributed by atoms with Gasteiger partial charge in [-0.2, -0.15) is 3.63 Å². The SMILES string of the molecule is C[NH3+].C[NH3+].O=S(=O)([O-])OS(=O)(=O)[O-]. The topological polar surface area (TPSA) is 179 Å². The first kappa shape index (κ1) is 18.5. The molecule has 0 spiro atoms. The summed E-state index contributed by atoms with van der Waals surface area (Å²) in [5, 5.41) is 0. The van der Waals surface area contributed by atoms with Crippen LogP contribution in [0, 0.1) is 0 Å². The van der Waals surface area contributed by atoms with Gasteiger partial charge in [0.25, 0.3) is 0 Å². The average molecular weight is 240 g/mol. The zero-order chi connectivity index (χ0) is 11.7. The molecule has 11 heteroatoms. The molecule has 0 aromatic heterocycles. The Hall–Kier alpha value is -0.300. The third-order valence-corrected chi connectivity index (χ3v) is 1.50. The van der Waals surface area contributed by atoms with E-state index in [1.165, 1.54) is 0 Å². The maximum absolute atomic E-state index is 9.29. The second kappa shape index (κ2) is 8.31. The summed E-state index contributed by atoms with van der Waals surface area (Å²) in [5.74, 6) is 0. The van der Waals surface area contributed by atoms with Crippen LogP contribution in [0.15, 0.2) is 0 Å². The van der Waals surface area contributed by atoms with Gasteiger partial charge in [0, 0.05) is 0 Å². The Bertz CT molecular complexity index is 248. The van der Waals surface area contributed by atoms with Crippen molar-refractivity contribution in [2.24, 2.45) is 0 Å². The van der Waals surface area contributed by atoms with Gasteiger partial charge in [-0.3, -0.25) is 0 Å². The van der Waals surface area contributed by atoms with E-state index in [1.54, 1.807) is 14.1 Å². The number of rotatable bonds is 2. The van der Waals surface area contributed by atoms with Crippen molar-refractivity contribution in [1.82, 2.24) is 0 Å². The highest BCUT2D eigenvalue weighted by Crippen LogP contribution is 1.91. The van der Waals surface area contributed by atoms with Gasteiger partial charge in [0.15, 0.2) is 0 Å². The Morgan fingerprint density at radius 2 is 1.00 bits per heavy atom. The number of hydrogen-bond acceptors (Lipinski definition) is 7. The highest BCUT2D eigenvalue weighted by molar-refractivity contribution is 7.94. The molecular formula is C2H12N2O7S2. The van der Waals surface area contributed by atoms with Crippen molar-refractivity contribution in [3.05, 3.63) is 0 Å². The molecule has 0 rings (SSSR count). The summed E-state index contributed by atoms with van der Waals surface area (Å²) in [6.45, 7) is 0. The third kappa shape index (κ3) is 33.9. The predicted octanol–water partition coefficient (Wildman–Crippen LogP) is -4.36. The van der Waals surface area contributed by atoms with Gasteiger partial charge in [-0.15, -0.1) is 0 Å². The van der Waals surface area contributed by atoms with E-state index in [9.17, 15) is 25.9 Å². The smallest absolute Gasteiger partial charge is 0.231 e. The molecule has 9 nitrogen and oxygen atoms in total. The second-order valence-corrected chi connectivity index (χ2v) is 3.06. The molecule has 13 heavy (non-hydrogen) atoms. The molecule has 0 aliphatic carbocycles. The van der Waals surface area contributed by atoms with Gasteiger partial charge < -0.3 is 20.6 Å². The van der Waals surface area contributed by atoms with Crippen LogP contribution < -0.4 is 11.5 Å². The zero-order valence-electron chi connectivity index (χ0n) is 7.09. The molecule has 0 saturated heterocycles. The zero-order valence-corrected chi connectivity index (χ0v) is 8.72. The van der Waals surface area contributed by atoms with Gasteiger partial charge in [0.2, 0.25) is 20.8 Å². The lowest BCUT2D eigenvalue weighted by atomic mass is 11.6. The average Bonchev–Trinajstić information content (AvgIpc) is 1.88. The van der Waals surface area contributed by atoms with E-state index in [0.29, 0.717) is 0 Å². The molecule has 0 bridgehead atoms. The van der Waals surface area contributed by atoms with Gasteiger partial charge in [-0.1, -0.05) is 0 Å². The molecule has 0 saturated carbocycles. The quantitative estimate of drug-likeness (QED) is 0.361. The summed E-state index contributed by atoms with van der Waals surface area (Å²) in [6, 6.07) is 0. The van der Waals surface area contributed by atoms with Gasteiger partial charge >= 0.3 is 0 Å². The van der Waals surface area contributed by atoms with Crippen molar-refractivity contribution in [3.8, 4) is 0 Å². The van der Waals surface area contributed by atoms with Gasteiger partial charge in [-0.05, 0) is 0 Å². The molecule has 0 fully saturated rings. The van der Waals surface area contributed by atoms with Crippen molar-refractivity contribution in [2.45, 2.75) is 0 Å². The van der Waals surface area contributed by atoms with E-state index in [-0.39, 0.29) is 0 Å². The van der Waals surface area contributed by atoms with Crippen LogP contribution in [-0.2, 0) is 24.4 Å². The van der Waals surface area contributed by atoms with Crippen molar-refractivity contribution >= 4 is 20.8 Å². The normalized spacial score (nSPS) is 10.3. The Morgan fingerprint density at radius 3 is 1.00 bits per heavy atom. The lowest BCUT2D eigenvalue weighted by Gasteiger charge is -2.08. The third-order valence-electron chi connectivity index (χ3n) is 0.167. The summed E-state index contributed by atoms with van der Waals surface area (Å²) < 4.78 is 58.2. The van der Waals surface area contributed by atoms with E-state index in [4.69, 9.17) is 0 Å². The minimum Gasteiger partial charge on any atom is -0.725 e. The van der Waals surface area contributed by atoms with E-state index in [2.05, 4.69) is 15.1 Å². The molecule has 0 amide bonds. The van der Waals surface area contributed by atoms with Crippen LogP contribution in [0.25, 0.3) is 0 Å². The molecular weight excluding hydrogens is 228 g/mol. The van der Waals surface area contributed by atoms with Crippen LogP contribution in [0.3, 0.4) is 0 Å². The fourth-order valence-electron chi connectivity index (χ4n) is 0.102. The van der Waals surface area contributed by atoms with Gasteiger partial charge in [0.05, 0.1) is 14.1 Å². The molecule has 0 aromatic rings. The molecule has 0 atom stereocenters. The fraction of sp³-hybridized carbons (Fsp3) is 1.00. The van der Waals surface area contributed by atoms with E-state index >= 15 is 0 Å². The predicted molar refractivity (Wildman–Crippen MR) is 38.1 cm³/mol. The first-order valence-electron chi connectivity index (χ1n) is 2.75. The molecule has 0 unspecified atom stereocenters. The fourth-order valence-corrected chi connectivity index (χ4v) is 0.919. The van der Waals surface area contributed by atoms with Gasteiger partial charge in [0.1, 0.15) is 0 Å². The Morgan fingerprint density at radius 1 is 0.846 bits per heavy atom. The lowest BCUT2D eigenvalue weighted by Crippen LogP contribution is -2.40. The summed E-state index contributed by atoms with van der Waals surface area (Å²) in [4.78, 5) is 0. The Kier molecular flexibility index (Phi) is 11.8. The first-order chi connectivity index (χ1) is 5.71. The van der Waals surface area contributed by atoms with Crippen molar-refractivity contribution in [1.29, 1.82) is 0 Å². The lowest BCUT2D eigenvalue weighted by molar-refractivity contribution is -0.325. The van der Waals surface area contributed by atoms with E-state index in [1.807, 2.05) is 0 Å². The molecule has 84 valence electrons. The van der Waals surface area contributed by atoms with Crippen LogP contribution in [0.5, 0.6) is 0 Å². The molecule has 6 N–H and O–H groups in total. The highest BCUT2D eigenvalue weighted by Gasteiger charge is 1.99. The summed E-state index contributed by atoms with van der Waals surface area (Å²) in [6.07, 6.45) is 0. The van der Waals surface area contributed by atoms with Crippen LogP contribution in [-0.4, -0.2) is 40.0 Å². The van der Waals surface area contributed by atoms with Crippen molar-refractivity contribution in [2.75, 3.05) is 14.1 Å². The first-order valence-corrected chi connectivity index (χ1v) is 5.41. The minimum absolute atomic E-state index is 1.75. The molecule has 0 aliphatic rings. The van der Waals surface area contributed by atoms with E-state index in [0.717, 1.165) is 0 Å². The van der Waals surface area contributed by atoms with E-state index < -0.39 is 20.8 Å². The van der Waals surface area contributed by atoms with Crippen LogP contribution >= 0.6 is 0 Å². The summed E-state index contributed by atoms with van der Waals surface area (Å²) >= 11 is 0. The monoisotopic (exact) mass is 240 g/mol. The number of quaternary nitrogens is 2. The molecule has 0 aromatic carbocycles. The highest BCUT2D eigenvalue weighted by atomic mass is 32.3. The maximum Gasteiger partial charge on any atom is 0.231 e.